The van der Waals surface area contributed by atoms with E-state index in [0.29, 0.717) is 11.3 Å². The highest BCUT2D eigenvalue weighted by Crippen LogP contribution is 2.05. The van der Waals surface area contributed by atoms with Crippen LogP contribution in [0, 0.1) is 0 Å². The Labute approximate surface area is 76.7 Å². The van der Waals surface area contributed by atoms with Gasteiger partial charge in [-0.25, -0.2) is 0 Å². The van der Waals surface area contributed by atoms with Crippen LogP contribution >= 0.6 is 12.6 Å². The van der Waals surface area contributed by atoms with Crippen molar-refractivity contribution in [1.29, 1.82) is 0 Å². The number of carbonyl (C=O) groups excluding carboxylic acids is 1. The highest BCUT2D eigenvalue weighted by molar-refractivity contribution is 7.80. The van der Waals surface area contributed by atoms with Crippen LogP contribution in [-0.4, -0.2) is 17.0 Å². The molecule has 0 amide bonds. The first-order chi connectivity index (χ1) is 5.88. The molecule has 12 heavy (non-hydrogen) atoms. The molecule has 0 saturated carbocycles. The van der Waals surface area contributed by atoms with Gasteiger partial charge in [0.2, 0.25) is 0 Å². The summed E-state index contributed by atoms with van der Waals surface area (Å²) in [5.41, 5.74) is 1.49. The molecule has 0 unspecified atom stereocenters. The molecule has 0 bridgehead atoms. The molecule has 0 aliphatic heterocycles. The first-order valence-corrected chi connectivity index (χ1v) is 4.18. The third-order valence-corrected chi connectivity index (χ3v) is 1.63. The van der Waals surface area contributed by atoms with E-state index in [1.807, 2.05) is 12.2 Å². The molecule has 0 aliphatic carbocycles. The van der Waals surface area contributed by atoms with Crippen molar-refractivity contribution in [3.63, 3.8) is 0 Å². The van der Waals surface area contributed by atoms with Gasteiger partial charge in [-0.15, -0.1) is 0 Å². The Bertz CT molecular complexity index is 296. The van der Waals surface area contributed by atoms with Crippen molar-refractivity contribution in [3.8, 4) is 0 Å². The van der Waals surface area contributed by atoms with Crippen LogP contribution in [0.3, 0.4) is 0 Å². The van der Waals surface area contributed by atoms with Gasteiger partial charge in [0, 0.05) is 29.3 Å². The summed E-state index contributed by atoms with van der Waals surface area (Å²) in [6.07, 6.45) is 7.78. The SMILES string of the molecule is O=Cc1ccncc1C=CCS. The lowest BCUT2D eigenvalue weighted by Gasteiger charge is -1.95. The molecular formula is C9H9NOS. The van der Waals surface area contributed by atoms with Crippen LogP contribution in [0.4, 0.5) is 0 Å². The molecule has 1 aromatic rings. The van der Waals surface area contributed by atoms with E-state index in [2.05, 4.69) is 17.6 Å². The summed E-state index contributed by atoms with van der Waals surface area (Å²) >= 11 is 4.02. The molecule has 1 heterocycles. The van der Waals surface area contributed by atoms with Crippen LogP contribution in [0.15, 0.2) is 24.5 Å². The topological polar surface area (TPSA) is 30.0 Å². The van der Waals surface area contributed by atoms with Gasteiger partial charge >= 0.3 is 0 Å². The average Bonchev–Trinajstić information content (AvgIpc) is 2.15. The maximum absolute atomic E-state index is 10.5. The van der Waals surface area contributed by atoms with Crippen molar-refractivity contribution in [2.75, 3.05) is 5.75 Å². The Hall–Kier alpha value is -1.09. The summed E-state index contributed by atoms with van der Waals surface area (Å²) < 4.78 is 0. The lowest BCUT2D eigenvalue weighted by Crippen LogP contribution is -1.86. The van der Waals surface area contributed by atoms with E-state index >= 15 is 0 Å². The van der Waals surface area contributed by atoms with E-state index < -0.39 is 0 Å². The third-order valence-electron chi connectivity index (χ3n) is 1.42. The summed E-state index contributed by atoms with van der Waals surface area (Å²) in [4.78, 5) is 14.4. The van der Waals surface area contributed by atoms with Crippen molar-refractivity contribution in [3.05, 3.63) is 35.7 Å². The highest BCUT2D eigenvalue weighted by atomic mass is 32.1. The third kappa shape index (κ3) is 2.20. The minimum atomic E-state index is 0.656. The standard InChI is InChI=1S/C9H9NOS/c11-7-9-3-4-10-6-8(9)2-1-5-12/h1-4,6-7,12H,5H2. The van der Waals surface area contributed by atoms with Gasteiger partial charge in [-0.3, -0.25) is 9.78 Å². The molecule has 0 atom stereocenters. The molecule has 0 aliphatic rings. The molecule has 1 aromatic heterocycles. The number of hydrogen-bond donors (Lipinski definition) is 1. The number of carbonyl (C=O) groups is 1. The summed E-state index contributed by atoms with van der Waals surface area (Å²) in [5, 5.41) is 0. The highest BCUT2D eigenvalue weighted by Gasteiger charge is 1.94. The number of aromatic nitrogens is 1. The average molecular weight is 179 g/mol. The first-order valence-electron chi connectivity index (χ1n) is 3.55. The first kappa shape index (κ1) is 9.00. The predicted molar refractivity (Wildman–Crippen MR) is 52.5 cm³/mol. The van der Waals surface area contributed by atoms with Gasteiger partial charge in [0.05, 0.1) is 0 Å². The second-order valence-electron chi connectivity index (χ2n) is 2.21. The Kier molecular flexibility index (Phi) is 3.54. The molecule has 62 valence electrons. The molecule has 0 spiro atoms. The molecule has 3 heteroatoms. The van der Waals surface area contributed by atoms with Gasteiger partial charge in [-0.1, -0.05) is 12.2 Å². The van der Waals surface area contributed by atoms with E-state index in [-0.39, 0.29) is 0 Å². The molecule has 0 radical (unpaired) electrons. The second-order valence-corrected chi connectivity index (χ2v) is 2.57. The Morgan fingerprint density at radius 2 is 2.33 bits per heavy atom. The molecular weight excluding hydrogens is 170 g/mol. The smallest absolute Gasteiger partial charge is 0.150 e. The van der Waals surface area contributed by atoms with Gasteiger partial charge in [0.1, 0.15) is 0 Å². The number of rotatable bonds is 3. The van der Waals surface area contributed by atoms with E-state index in [1.54, 1.807) is 18.5 Å². The van der Waals surface area contributed by atoms with Gasteiger partial charge in [0.25, 0.3) is 0 Å². The lowest BCUT2D eigenvalue weighted by atomic mass is 10.1. The predicted octanol–water partition coefficient (Wildman–Crippen LogP) is 1.84. The fourth-order valence-corrected chi connectivity index (χ4v) is 0.949. The van der Waals surface area contributed by atoms with Crippen LogP contribution in [0.2, 0.25) is 0 Å². The number of nitrogens with zero attached hydrogens (tertiary/aromatic N) is 1. The monoisotopic (exact) mass is 179 g/mol. The van der Waals surface area contributed by atoms with Crippen LogP contribution in [0.5, 0.6) is 0 Å². The normalized spacial score (nSPS) is 10.4. The molecule has 1 rings (SSSR count). The second kappa shape index (κ2) is 4.72. The number of pyridine rings is 1. The largest absolute Gasteiger partial charge is 0.298 e. The zero-order valence-corrected chi connectivity index (χ0v) is 7.37. The van der Waals surface area contributed by atoms with Crippen LogP contribution < -0.4 is 0 Å². The van der Waals surface area contributed by atoms with Crippen LogP contribution in [0.25, 0.3) is 6.08 Å². The van der Waals surface area contributed by atoms with Crippen molar-refractivity contribution < 1.29 is 4.79 Å². The number of thiol groups is 1. The minimum absolute atomic E-state index is 0.656. The molecule has 0 aromatic carbocycles. The molecule has 0 saturated heterocycles. The quantitative estimate of drug-likeness (QED) is 0.566. The summed E-state index contributed by atoms with van der Waals surface area (Å²) in [7, 11) is 0. The Morgan fingerprint density at radius 1 is 1.50 bits per heavy atom. The summed E-state index contributed by atoms with van der Waals surface area (Å²) in [6.45, 7) is 0. The van der Waals surface area contributed by atoms with Gasteiger partial charge in [-0.2, -0.15) is 12.6 Å². The van der Waals surface area contributed by atoms with Gasteiger partial charge < -0.3 is 0 Å². The van der Waals surface area contributed by atoms with Crippen molar-refractivity contribution in [2.24, 2.45) is 0 Å². The summed E-state index contributed by atoms with van der Waals surface area (Å²) in [5.74, 6) is 0.660. The number of aldehydes is 1. The van der Waals surface area contributed by atoms with Crippen molar-refractivity contribution in [2.45, 2.75) is 0 Å². The van der Waals surface area contributed by atoms with E-state index in [0.717, 1.165) is 11.8 Å². The minimum Gasteiger partial charge on any atom is -0.298 e. The van der Waals surface area contributed by atoms with Crippen LogP contribution in [0.1, 0.15) is 15.9 Å². The van der Waals surface area contributed by atoms with Crippen LogP contribution in [-0.2, 0) is 0 Å². The Morgan fingerprint density at radius 3 is 3.00 bits per heavy atom. The molecule has 0 N–H and O–H groups in total. The van der Waals surface area contributed by atoms with Crippen molar-refractivity contribution >= 4 is 25.0 Å². The summed E-state index contributed by atoms with van der Waals surface area (Å²) in [6, 6.07) is 1.69. The maximum atomic E-state index is 10.5. The Balaban J connectivity index is 2.96. The fraction of sp³-hybridized carbons (Fsp3) is 0.111. The van der Waals surface area contributed by atoms with Crippen molar-refractivity contribution in [1.82, 2.24) is 4.98 Å². The molecule has 0 fully saturated rings. The van der Waals surface area contributed by atoms with E-state index in [9.17, 15) is 4.79 Å². The molecule has 2 nitrogen and oxygen atoms in total. The lowest BCUT2D eigenvalue weighted by molar-refractivity contribution is 0.112. The fourth-order valence-electron chi connectivity index (χ4n) is 0.844. The van der Waals surface area contributed by atoms with E-state index in [4.69, 9.17) is 0 Å². The zero-order chi connectivity index (χ0) is 8.81. The van der Waals surface area contributed by atoms with Gasteiger partial charge in [0.15, 0.2) is 6.29 Å². The maximum Gasteiger partial charge on any atom is 0.150 e. The number of hydrogen-bond acceptors (Lipinski definition) is 3. The van der Waals surface area contributed by atoms with Gasteiger partial charge in [-0.05, 0) is 6.07 Å². The van der Waals surface area contributed by atoms with E-state index in [1.165, 1.54) is 0 Å². The zero-order valence-electron chi connectivity index (χ0n) is 6.47.